The largest absolute Gasteiger partial charge is 0.465 e. The van der Waals surface area contributed by atoms with Crippen LogP contribution in [-0.2, 0) is 9.47 Å². The molecule has 0 spiro atoms. The maximum absolute atomic E-state index is 11.5. The molecule has 6 nitrogen and oxygen atoms in total. The molecule has 19 heavy (non-hydrogen) atoms. The first kappa shape index (κ1) is 15.0. The third-order valence-corrected chi connectivity index (χ3v) is 2.28. The van der Waals surface area contributed by atoms with Gasteiger partial charge in [0, 0.05) is 18.8 Å². The van der Waals surface area contributed by atoms with Gasteiger partial charge in [0.05, 0.1) is 19.3 Å². The summed E-state index contributed by atoms with van der Waals surface area (Å²) < 4.78 is 9.70. The maximum atomic E-state index is 11.5. The molecule has 0 bridgehead atoms. The Morgan fingerprint density at radius 1 is 1.32 bits per heavy atom. The second-order valence-electron chi connectivity index (χ2n) is 3.65. The summed E-state index contributed by atoms with van der Waals surface area (Å²) in [6.07, 6.45) is 0. The molecule has 2 N–H and O–H groups in total. The first-order valence-electron chi connectivity index (χ1n) is 5.98. The van der Waals surface area contributed by atoms with E-state index < -0.39 is 5.97 Å². The van der Waals surface area contributed by atoms with E-state index in [1.54, 1.807) is 24.3 Å². The van der Waals surface area contributed by atoms with Gasteiger partial charge in [0.2, 0.25) is 0 Å². The molecule has 0 saturated heterocycles. The zero-order valence-corrected chi connectivity index (χ0v) is 11.1. The fraction of sp³-hybridized carbons (Fsp3) is 0.385. The van der Waals surface area contributed by atoms with E-state index in [4.69, 9.17) is 4.74 Å². The van der Waals surface area contributed by atoms with Crippen molar-refractivity contribution in [2.75, 3.05) is 32.2 Å². The van der Waals surface area contributed by atoms with Crippen molar-refractivity contribution in [1.29, 1.82) is 0 Å². The Kier molecular flexibility index (Phi) is 6.38. The van der Waals surface area contributed by atoms with Gasteiger partial charge in [-0.1, -0.05) is 6.07 Å². The average Bonchev–Trinajstić information content (AvgIpc) is 2.43. The number of anilines is 1. The standard InChI is InChI=1S/C13H18N2O4/c1-3-19-8-7-14-13(17)15-11-6-4-5-10(9-11)12(16)18-2/h4-6,9H,3,7-8H2,1-2H3,(H2,14,15,17). The smallest absolute Gasteiger partial charge is 0.337 e. The average molecular weight is 266 g/mol. The molecule has 0 atom stereocenters. The second-order valence-corrected chi connectivity index (χ2v) is 3.65. The van der Waals surface area contributed by atoms with Gasteiger partial charge in [0.25, 0.3) is 0 Å². The van der Waals surface area contributed by atoms with E-state index in [-0.39, 0.29) is 6.03 Å². The van der Waals surface area contributed by atoms with Gasteiger partial charge in [0.1, 0.15) is 0 Å². The van der Waals surface area contributed by atoms with Crippen LogP contribution in [0, 0.1) is 0 Å². The van der Waals surface area contributed by atoms with E-state index >= 15 is 0 Å². The first-order valence-corrected chi connectivity index (χ1v) is 5.98. The molecule has 0 aliphatic rings. The van der Waals surface area contributed by atoms with E-state index in [1.807, 2.05) is 6.92 Å². The second kappa shape index (κ2) is 8.10. The quantitative estimate of drug-likeness (QED) is 0.606. The number of rotatable bonds is 6. The van der Waals surface area contributed by atoms with Crippen molar-refractivity contribution in [3.63, 3.8) is 0 Å². The van der Waals surface area contributed by atoms with Crippen LogP contribution in [0.15, 0.2) is 24.3 Å². The lowest BCUT2D eigenvalue weighted by molar-refractivity contribution is 0.0600. The highest BCUT2D eigenvalue weighted by Crippen LogP contribution is 2.11. The first-order chi connectivity index (χ1) is 9.17. The van der Waals surface area contributed by atoms with Crippen LogP contribution in [0.3, 0.4) is 0 Å². The highest BCUT2D eigenvalue weighted by Gasteiger charge is 2.07. The lowest BCUT2D eigenvalue weighted by Gasteiger charge is -2.08. The molecule has 0 saturated carbocycles. The molecule has 0 unspecified atom stereocenters. The Balaban J connectivity index is 2.48. The minimum absolute atomic E-state index is 0.346. The molecule has 104 valence electrons. The zero-order valence-electron chi connectivity index (χ0n) is 11.1. The number of carbonyl (C=O) groups excluding carboxylic acids is 2. The third-order valence-electron chi connectivity index (χ3n) is 2.28. The van der Waals surface area contributed by atoms with Gasteiger partial charge in [-0.25, -0.2) is 9.59 Å². The van der Waals surface area contributed by atoms with Crippen molar-refractivity contribution >= 4 is 17.7 Å². The zero-order chi connectivity index (χ0) is 14.1. The Labute approximate surface area is 112 Å². The predicted octanol–water partition coefficient (Wildman–Crippen LogP) is 1.63. The normalized spacial score (nSPS) is 9.79. The molecule has 0 heterocycles. The SMILES string of the molecule is CCOCCNC(=O)Nc1cccc(C(=O)OC)c1. The molecule has 1 aromatic rings. The number of hydrogen-bond acceptors (Lipinski definition) is 4. The number of amides is 2. The molecule has 0 aliphatic carbocycles. The molecule has 0 radical (unpaired) electrons. The molecular weight excluding hydrogens is 248 g/mol. The molecule has 0 aromatic heterocycles. The van der Waals surface area contributed by atoms with Gasteiger partial charge in [-0.05, 0) is 25.1 Å². The van der Waals surface area contributed by atoms with Gasteiger partial charge in [-0.2, -0.15) is 0 Å². The van der Waals surface area contributed by atoms with E-state index in [2.05, 4.69) is 15.4 Å². The minimum Gasteiger partial charge on any atom is -0.465 e. The topological polar surface area (TPSA) is 76.7 Å². The summed E-state index contributed by atoms with van der Waals surface area (Å²) in [7, 11) is 1.31. The van der Waals surface area contributed by atoms with Gasteiger partial charge < -0.3 is 20.1 Å². The Morgan fingerprint density at radius 3 is 2.79 bits per heavy atom. The molecule has 6 heteroatoms. The summed E-state index contributed by atoms with van der Waals surface area (Å²) in [4.78, 5) is 22.9. The van der Waals surface area contributed by atoms with Crippen molar-refractivity contribution in [2.24, 2.45) is 0 Å². The highest BCUT2D eigenvalue weighted by atomic mass is 16.5. The van der Waals surface area contributed by atoms with Crippen LogP contribution in [0.1, 0.15) is 17.3 Å². The van der Waals surface area contributed by atoms with Gasteiger partial charge in [-0.15, -0.1) is 0 Å². The fourth-order valence-corrected chi connectivity index (χ4v) is 1.40. The fourth-order valence-electron chi connectivity index (χ4n) is 1.40. The molecular formula is C13H18N2O4. The summed E-state index contributed by atoms with van der Waals surface area (Å²) in [6.45, 7) is 3.39. The minimum atomic E-state index is -0.444. The van der Waals surface area contributed by atoms with Crippen LogP contribution in [0.2, 0.25) is 0 Å². The van der Waals surface area contributed by atoms with Crippen molar-refractivity contribution in [3.05, 3.63) is 29.8 Å². The summed E-state index contributed by atoms with van der Waals surface area (Å²) in [5.74, 6) is -0.444. The number of methoxy groups -OCH3 is 1. The van der Waals surface area contributed by atoms with Gasteiger partial charge in [-0.3, -0.25) is 0 Å². The Morgan fingerprint density at radius 2 is 2.11 bits per heavy atom. The van der Waals surface area contributed by atoms with Gasteiger partial charge in [0.15, 0.2) is 0 Å². The Hall–Kier alpha value is -2.08. The van der Waals surface area contributed by atoms with Crippen molar-refractivity contribution in [1.82, 2.24) is 5.32 Å². The van der Waals surface area contributed by atoms with Crippen LogP contribution < -0.4 is 10.6 Å². The number of ether oxygens (including phenoxy) is 2. The number of esters is 1. The lowest BCUT2D eigenvalue weighted by Crippen LogP contribution is -2.31. The van der Waals surface area contributed by atoms with E-state index in [1.165, 1.54) is 7.11 Å². The van der Waals surface area contributed by atoms with Crippen molar-refractivity contribution in [2.45, 2.75) is 6.92 Å². The molecule has 0 aliphatic heterocycles. The number of hydrogen-bond donors (Lipinski definition) is 2. The Bertz CT molecular complexity index is 434. The number of urea groups is 1. The van der Waals surface area contributed by atoms with Crippen LogP contribution in [0.5, 0.6) is 0 Å². The van der Waals surface area contributed by atoms with E-state index in [0.717, 1.165) is 0 Å². The van der Waals surface area contributed by atoms with Crippen LogP contribution in [-0.4, -0.2) is 38.9 Å². The molecule has 2 amide bonds. The van der Waals surface area contributed by atoms with E-state index in [9.17, 15) is 9.59 Å². The van der Waals surface area contributed by atoms with Crippen LogP contribution >= 0.6 is 0 Å². The van der Waals surface area contributed by atoms with Crippen LogP contribution in [0.25, 0.3) is 0 Å². The summed E-state index contributed by atoms with van der Waals surface area (Å²) >= 11 is 0. The highest BCUT2D eigenvalue weighted by molar-refractivity contribution is 5.93. The van der Waals surface area contributed by atoms with Gasteiger partial charge >= 0.3 is 12.0 Å². The van der Waals surface area contributed by atoms with Crippen molar-refractivity contribution in [3.8, 4) is 0 Å². The van der Waals surface area contributed by atoms with Crippen LogP contribution in [0.4, 0.5) is 10.5 Å². The monoisotopic (exact) mass is 266 g/mol. The number of nitrogens with one attached hydrogen (secondary N) is 2. The predicted molar refractivity (Wildman–Crippen MR) is 71.3 cm³/mol. The number of benzene rings is 1. The summed E-state index contributed by atoms with van der Waals surface area (Å²) in [5.41, 5.74) is 0.909. The molecule has 1 aromatic carbocycles. The van der Waals surface area contributed by atoms with Crippen molar-refractivity contribution < 1.29 is 19.1 Å². The maximum Gasteiger partial charge on any atom is 0.337 e. The molecule has 1 rings (SSSR count). The molecule has 0 fully saturated rings. The summed E-state index contributed by atoms with van der Waals surface area (Å²) in [5, 5.41) is 5.26. The third kappa shape index (κ3) is 5.39. The number of carbonyl (C=O) groups is 2. The summed E-state index contributed by atoms with van der Waals surface area (Å²) in [6, 6.07) is 6.18. The van der Waals surface area contributed by atoms with E-state index in [0.29, 0.717) is 31.0 Å². The lowest BCUT2D eigenvalue weighted by atomic mass is 10.2.